The molecule has 24 heavy (non-hydrogen) atoms. The number of hydrogen-bond acceptors (Lipinski definition) is 4. The zero-order chi connectivity index (χ0) is 17.5. The van der Waals surface area contributed by atoms with Gasteiger partial charge >= 0.3 is 0 Å². The normalized spacial score (nSPS) is 10.7. The molecular weight excluding hydrogens is 506 g/mol. The van der Waals surface area contributed by atoms with Gasteiger partial charge in [0.15, 0.2) is 0 Å². The van der Waals surface area contributed by atoms with Gasteiger partial charge in [0.25, 0.3) is 5.91 Å². The van der Waals surface area contributed by atoms with Crippen molar-refractivity contribution in [2.45, 2.75) is 0 Å². The van der Waals surface area contributed by atoms with Crippen LogP contribution < -0.4 is 15.5 Å². The number of benzene rings is 2. The van der Waals surface area contributed by atoms with Crippen LogP contribution in [-0.4, -0.2) is 25.8 Å². The van der Waals surface area contributed by atoms with Gasteiger partial charge in [0.05, 0.1) is 25.6 Å². The van der Waals surface area contributed by atoms with E-state index in [2.05, 4.69) is 63.6 Å². The summed E-state index contributed by atoms with van der Waals surface area (Å²) in [4.78, 5) is 11.8. The van der Waals surface area contributed by atoms with Gasteiger partial charge in [-0.2, -0.15) is 5.10 Å². The fourth-order valence-corrected chi connectivity index (χ4v) is 4.33. The Morgan fingerprint density at radius 2 is 1.79 bits per heavy atom. The highest BCUT2D eigenvalue weighted by molar-refractivity contribution is 9.11. The molecule has 0 saturated carbocycles. The molecule has 0 aliphatic rings. The summed E-state index contributed by atoms with van der Waals surface area (Å²) < 4.78 is 7.70. The third-order valence-electron chi connectivity index (χ3n) is 2.95. The maximum atomic E-state index is 11.8. The van der Waals surface area contributed by atoms with Crippen molar-refractivity contribution in [1.29, 1.82) is 0 Å². The topological polar surface area (TPSA) is 62.7 Å². The number of nitrogens with one attached hydrogen (secondary N) is 2. The third-order valence-corrected chi connectivity index (χ3v) is 4.66. The second-order valence-electron chi connectivity index (χ2n) is 4.66. The van der Waals surface area contributed by atoms with Crippen LogP contribution >= 0.6 is 47.8 Å². The second kappa shape index (κ2) is 9.19. The summed E-state index contributed by atoms with van der Waals surface area (Å²) in [6.07, 6.45) is 1.57. The summed E-state index contributed by atoms with van der Waals surface area (Å²) >= 11 is 10.3. The first-order chi connectivity index (χ1) is 11.5. The quantitative estimate of drug-likeness (QED) is 0.435. The van der Waals surface area contributed by atoms with Gasteiger partial charge in [-0.1, -0.05) is 15.9 Å². The van der Waals surface area contributed by atoms with Crippen molar-refractivity contribution in [3.8, 4) is 5.75 Å². The fourth-order valence-electron chi connectivity index (χ4n) is 1.79. The molecule has 2 N–H and O–H groups in total. The minimum atomic E-state index is -0.249. The van der Waals surface area contributed by atoms with Crippen molar-refractivity contribution in [1.82, 2.24) is 5.43 Å². The number of carbonyl (C=O) groups is 1. The van der Waals surface area contributed by atoms with Crippen LogP contribution in [0.2, 0.25) is 0 Å². The molecule has 5 nitrogen and oxygen atoms in total. The van der Waals surface area contributed by atoms with Crippen molar-refractivity contribution in [3.63, 3.8) is 0 Å². The molecule has 2 rings (SSSR count). The number of halogens is 3. The molecule has 0 atom stereocenters. The van der Waals surface area contributed by atoms with Gasteiger partial charge in [-0.25, -0.2) is 5.43 Å². The van der Waals surface area contributed by atoms with Crippen LogP contribution in [-0.2, 0) is 4.79 Å². The number of methoxy groups -OCH3 is 1. The Bertz CT molecular complexity index is 726. The first kappa shape index (κ1) is 19.0. The monoisotopic (exact) mass is 517 g/mol. The highest BCUT2D eigenvalue weighted by Crippen LogP contribution is 2.34. The zero-order valence-corrected chi connectivity index (χ0v) is 17.4. The van der Waals surface area contributed by atoms with Crippen LogP contribution in [0, 0.1) is 0 Å². The van der Waals surface area contributed by atoms with E-state index in [0.29, 0.717) is 0 Å². The van der Waals surface area contributed by atoms with E-state index in [9.17, 15) is 4.79 Å². The minimum Gasteiger partial charge on any atom is -0.497 e. The number of amides is 1. The molecule has 0 bridgehead atoms. The molecule has 8 heteroatoms. The van der Waals surface area contributed by atoms with Crippen LogP contribution in [0.3, 0.4) is 0 Å². The van der Waals surface area contributed by atoms with Crippen molar-refractivity contribution in [2.75, 3.05) is 19.0 Å². The number of rotatable bonds is 6. The Kier molecular flexibility index (Phi) is 7.26. The lowest BCUT2D eigenvalue weighted by Gasteiger charge is -2.10. The van der Waals surface area contributed by atoms with Crippen LogP contribution in [0.5, 0.6) is 5.75 Å². The van der Waals surface area contributed by atoms with E-state index in [4.69, 9.17) is 4.74 Å². The van der Waals surface area contributed by atoms with E-state index in [1.807, 2.05) is 36.4 Å². The lowest BCUT2D eigenvalue weighted by atomic mass is 10.2. The maximum Gasteiger partial charge on any atom is 0.259 e. The highest BCUT2D eigenvalue weighted by atomic mass is 79.9. The first-order valence-corrected chi connectivity index (χ1v) is 9.22. The molecule has 0 aliphatic heterocycles. The SMILES string of the molecule is COc1ccc(C=NNC(=O)CNc2c(Br)cc(Br)cc2Br)cc1. The molecular formula is C16H14Br3N3O2. The Hall–Kier alpha value is -1.38. The van der Waals surface area contributed by atoms with Crippen LogP contribution in [0.1, 0.15) is 5.56 Å². The van der Waals surface area contributed by atoms with Crippen LogP contribution in [0.4, 0.5) is 5.69 Å². The molecule has 0 radical (unpaired) electrons. The maximum absolute atomic E-state index is 11.8. The number of hydrazone groups is 1. The van der Waals surface area contributed by atoms with Crippen LogP contribution in [0.25, 0.3) is 0 Å². The van der Waals surface area contributed by atoms with E-state index in [0.717, 1.165) is 30.4 Å². The first-order valence-electron chi connectivity index (χ1n) is 6.84. The molecule has 0 unspecified atom stereocenters. The molecule has 126 valence electrons. The number of anilines is 1. The van der Waals surface area contributed by atoms with Gasteiger partial charge in [-0.05, 0) is 73.8 Å². The van der Waals surface area contributed by atoms with E-state index < -0.39 is 0 Å². The molecule has 2 aromatic carbocycles. The fraction of sp³-hybridized carbons (Fsp3) is 0.125. The average Bonchev–Trinajstić information content (AvgIpc) is 2.54. The molecule has 0 aliphatic carbocycles. The van der Waals surface area contributed by atoms with Crippen molar-refractivity contribution < 1.29 is 9.53 Å². The predicted octanol–water partition coefficient (Wildman–Crippen LogP) is 4.54. The molecule has 0 spiro atoms. The number of ether oxygens (including phenoxy) is 1. The molecule has 1 amide bonds. The molecule has 0 aromatic heterocycles. The Morgan fingerprint density at radius 1 is 1.17 bits per heavy atom. The highest BCUT2D eigenvalue weighted by Gasteiger charge is 2.08. The third kappa shape index (κ3) is 5.61. The lowest BCUT2D eigenvalue weighted by Crippen LogP contribution is -2.26. The second-order valence-corrected chi connectivity index (χ2v) is 7.29. The zero-order valence-electron chi connectivity index (χ0n) is 12.6. The largest absolute Gasteiger partial charge is 0.497 e. The number of nitrogens with zero attached hydrogens (tertiary/aromatic N) is 1. The summed E-state index contributed by atoms with van der Waals surface area (Å²) in [5.74, 6) is 0.521. The van der Waals surface area contributed by atoms with Gasteiger partial charge in [0.2, 0.25) is 0 Å². The minimum absolute atomic E-state index is 0.0960. The van der Waals surface area contributed by atoms with E-state index in [-0.39, 0.29) is 12.5 Å². The Labute approximate surface area is 165 Å². The smallest absolute Gasteiger partial charge is 0.259 e. The summed E-state index contributed by atoms with van der Waals surface area (Å²) in [7, 11) is 1.61. The summed E-state index contributed by atoms with van der Waals surface area (Å²) in [5.41, 5.74) is 4.14. The Balaban J connectivity index is 1.86. The van der Waals surface area contributed by atoms with Crippen molar-refractivity contribution in [3.05, 3.63) is 55.4 Å². The molecule has 0 heterocycles. The van der Waals surface area contributed by atoms with E-state index in [1.165, 1.54) is 0 Å². The molecule has 0 fully saturated rings. The summed E-state index contributed by atoms with van der Waals surface area (Å²) in [6.45, 7) is 0.0960. The lowest BCUT2D eigenvalue weighted by molar-refractivity contribution is -0.119. The van der Waals surface area contributed by atoms with Crippen LogP contribution in [0.15, 0.2) is 54.9 Å². The van der Waals surface area contributed by atoms with Gasteiger partial charge in [-0.3, -0.25) is 4.79 Å². The van der Waals surface area contributed by atoms with Crippen molar-refractivity contribution in [2.24, 2.45) is 5.10 Å². The standard InChI is InChI=1S/C16H14Br3N3O2/c1-24-12-4-2-10(3-5-12)8-21-22-15(23)9-20-16-13(18)6-11(17)7-14(16)19/h2-8,20H,9H2,1H3,(H,22,23). The predicted molar refractivity (Wildman–Crippen MR) is 107 cm³/mol. The average molecular weight is 520 g/mol. The van der Waals surface area contributed by atoms with Crippen molar-refractivity contribution >= 4 is 65.6 Å². The van der Waals surface area contributed by atoms with Gasteiger partial charge < -0.3 is 10.1 Å². The number of carbonyl (C=O) groups excluding carboxylic acids is 1. The van der Waals surface area contributed by atoms with E-state index >= 15 is 0 Å². The van der Waals surface area contributed by atoms with Gasteiger partial charge in [0.1, 0.15) is 5.75 Å². The summed E-state index contributed by atoms with van der Waals surface area (Å²) in [6, 6.07) is 11.1. The number of hydrogen-bond donors (Lipinski definition) is 2. The Morgan fingerprint density at radius 3 is 2.38 bits per heavy atom. The van der Waals surface area contributed by atoms with Gasteiger partial charge in [0, 0.05) is 13.4 Å². The molecule has 2 aromatic rings. The van der Waals surface area contributed by atoms with Gasteiger partial charge in [-0.15, -0.1) is 0 Å². The van der Waals surface area contributed by atoms with E-state index in [1.54, 1.807) is 13.3 Å². The summed E-state index contributed by atoms with van der Waals surface area (Å²) in [5, 5.41) is 6.99. The molecule has 0 saturated heterocycles.